The third-order valence-corrected chi connectivity index (χ3v) is 4.48. The third-order valence-electron chi connectivity index (χ3n) is 4.48. The molecular weight excluding hydrogens is 497 g/mol. The molecule has 0 aliphatic carbocycles. The van der Waals surface area contributed by atoms with E-state index in [1.54, 1.807) is 14.2 Å². The van der Waals surface area contributed by atoms with Crippen LogP contribution in [0, 0.1) is 13.8 Å². The van der Waals surface area contributed by atoms with E-state index >= 15 is 0 Å². The second-order valence-corrected chi connectivity index (χ2v) is 6.82. The summed E-state index contributed by atoms with van der Waals surface area (Å²) in [5, 5.41) is 6.50. The Morgan fingerprint density at radius 1 is 1.17 bits per heavy atom. The number of aryl methyl sites for hydroxylation is 2. The van der Waals surface area contributed by atoms with Crippen molar-refractivity contribution in [3.05, 3.63) is 47.2 Å². The number of ether oxygens (including phenoxy) is 2. The molecule has 0 spiro atoms. The second-order valence-electron chi connectivity index (χ2n) is 6.82. The van der Waals surface area contributed by atoms with E-state index in [2.05, 4.69) is 38.6 Å². The smallest absolute Gasteiger partial charge is 0.214 e. The number of hydrogen-bond donors (Lipinski definition) is 2. The standard InChI is InChI=1S/C21H33N5O3.HI/c1-16-17(2)29-20(25-16)15-24-21(22-3)23-14-18-7-6-8-19(13-18)28-12-10-26(4)9-11-27-5;/h6-8,13H,9-12,14-15H2,1-5H3,(H2,22,23,24);1H. The summed E-state index contributed by atoms with van der Waals surface area (Å²) in [5.41, 5.74) is 2.02. The minimum absolute atomic E-state index is 0. The maximum absolute atomic E-state index is 5.87. The Kier molecular flexibility index (Phi) is 12.4. The lowest BCUT2D eigenvalue weighted by Gasteiger charge is -2.16. The van der Waals surface area contributed by atoms with E-state index in [9.17, 15) is 0 Å². The zero-order chi connectivity index (χ0) is 21.1. The zero-order valence-corrected chi connectivity index (χ0v) is 20.9. The molecule has 1 heterocycles. The summed E-state index contributed by atoms with van der Waals surface area (Å²) in [7, 11) is 5.51. The molecule has 0 atom stereocenters. The quantitative estimate of drug-likeness (QED) is 0.262. The minimum atomic E-state index is 0. The van der Waals surface area contributed by atoms with E-state index < -0.39 is 0 Å². The SMILES string of the molecule is CN=C(NCc1cccc(OCCN(C)CCOC)c1)NCc1nc(C)c(C)o1.I. The highest BCUT2D eigenvalue weighted by Crippen LogP contribution is 2.13. The van der Waals surface area contributed by atoms with E-state index in [-0.39, 0.29) is 24.0 Å². The Bertz CT molecular complexity index is 762. The Hall–Kier alpha value is -1.85. The Balaban J connectivity index is 0.00000450. The average Bonchev–Trinajstić information content (AvgIpc) is 3.04. The lowest BCUT2D eigenvalue weighted by molar-refractivity contribution is 0.150. The highest BCUT2D eigenvalue weighted by atomic mass is 127. The monoisotopic (exact) mass is 531 g/mol. The first-order chi connectivity index (χ1) is 14.0. The molecule has 2 aromatic rings. The second kappa shape index (κ2) is 14.2. The van der Waals surface area contributed by atoms with Crippen LogP contribution in [-0.2, 0) is 17.8 Å². The number of likely N-dealkylation sites (N-methyl/N-ethyl adjacent to an activating group) is 1. The van der Waals surface area contributed by atoms with Crippen molar-refractivity contribution < 1.29 is 13.9 Å². The van der Waals surface area contributed by atoms with E-state index in [0.29, 0.717) is 31.5 Å². The van der Waals surface area contributed by atoms with Crippen molar-refractivity contribution in [3.8, 4) is 5.75 Å². The van der Waals surface area contributed by atoms with Gasteiger partial charge in [-0.1, -0.05) is 12.1 Å². The number of halogens is 1. The van der Waals surface area contributed by atoms with Crippen molar-refractivity contribution in [1.29, 1.82) is 0 Å². The van der Waals surface area contributed by atoms with Gasteiger partial charge in [-0.3, -0.25) is 4.99 Å². The number of rotatable bonds is 11. The Morgan fingerprint density at radius 2 is 1.90 bits per heavy atom. The van der Waals surface area contributed by atoms with Crippen molar-refractivity contribution in [1.82, 2.24) is 20.5 Å². The van der Waals surface area contributed by atoms with Crippen LogP contribution in [0.15, 0.2) is 33.7 Å². The van der Waals surface area contributed by atoms with Crippen molar-refractivity contribution in [2.24, 2.45) is 4.99 Å². The maximum atomic E-state index is 5.87. The molecule has 9 heteroatoms. The number of guanidine groups is 1. The van der Waals surface area contributed by atoms with Gasteiger partial charge in [-0.05, 0) is 38.6 Å². The maximum Gasteiger partial charge on any atom is 0.214 e. The summed E-state index contributed by atoms with van der Waals surface area (Å²) in [5.74, 6) is 3.03. The average molecular weight is 531 g/mol. The lowest BCUT2D eigenvalue weighted by Crippen LogP contribution is -2.36. The van der Waals surface area contributed by atoms with E-state index in [4.69, 9.17) is 13.9 Å². The van der Waals surface area contributed by atoms with Gasteiger partial charge in [0.25, 0.3) is 0 Å². The first-order valence-corrected chi connectivity index (χ1v) is 9.78. The molecule has 0 bridgehead atoms. The van der Waals surface area contributed by atoms with Crippen LogP contribution >= 0.6 is 24.0 Å². The van der Waals surface area contributed by atoms with Crippen LogP contribution in [0.4, 0.5) is 0 Å². The summed E-state index contributed by atoms with van der Waals surface area (Å²) in [6.07, 6.45) is 0. The number of nitrogens with one attached hydrogen (secondary N) is 2. The first kappa shape index (κ1) is 26.2. The molecule has 168 valence electrons. The van der Waals surface area contributed by atoms with Crippen LogP contribution in [0.5, 0.6) is 5.75 Å². The molecule has 0 unspecified atom stereocenters. The Labute approximate surface area is 196 Å². The molecule has 1 aromatic heterocycles. The number of hydrogen-bond acceptors (Lipinski definition) is 6. The number of aliphatic imine (C=N–C) groups is 1. The normalized spacial score (nSPS) is 11.3. The van der Waals surface area contributed by atoms with Crippen LogP contribution in [0.1, 0.15) is 22.9 Å². The highest BCUT2D eigenvalue weighted by molar-refractivity contribution is 14.0. The summed E-state index contributed by atoms with van der Waals surface area (Å²) in [6.45, 7) is 8.05. The number of nitrogens with zero attached hydrogens (tertiary/aromatic N) is 3. The van der Waals surface area contributed by atoms with Crippen molar-refractivity contribution in [3.63, 3.8) is 0 Å². The van der Waals surface area contributed by atoms with E-state index in [0.717, 1.165) is 42.5 Å². The highest BCUT2D eigenvalue weighted by Gasteiger charge is 2.07. The molecule has 0 fully saturated rings. The van der Waals surface area contributed by atoms with Crippen molar-refractivity contribution in [2.45, 2.75) is 26.9 Å². The van der Waals surface area contributed by atoms with Crippen LogP contribution in [-0.4, -0.2) is 63.4 Å². The largest absolute Gasteiger partial charge is 0.492 e. The molecule has 2 rings (SSSR count). The fourth-order valence-corrected chi connectivity index (χ4v) is 2.60. The van der Waals surface area contributed by atoms with Gasteiger partial charge in [0.2, 0.25) is 5.89 Å². The molecule has 1 aromatic carbocycles. The molecule has 8 nitrogen and oxygen atoms in total. The van der Waals surface area contributed by atoms with Crippen LogP contribution in [0.3, 0.4) is 0 Å². The molecule has 0 radical (unpaired) electrons. The number of methoxy groups -OCH3 is 1. The summed E-state index contributed by atoms with van der Waals surface area (Å²) in [4.78, 5) is 10.8. The van der Waals surface area contributed by atoms with Gasteiger partial charge in [0.05, 0.1) is 18.8 Å². The van der Waals surface area contributed by atoms with Crippen molar-refractivity contribution in [2.75, 3.05) is 47.5 Å². The molecular formula is C21H34IN5O3. The van der Waals surface area contributed by atoms with Gasteiger partial charge in [0.15, 0.2) is 5.96 Å². The van der Waals surface area contributed by atoms with E-state index in [1.165, 1.54) is 0 Å². The first-order valence-electron chi connectivity index (χ1n) is 9.78. The summed E-state index contributed by atoms with van der Waals surface area (Å²) in [6, 6.07) is 8.06. The van der Waals surface area contributed by atoms with Gasteiger partial charge in [-0.25, -0.2) is 4.98 Å². The molecule has 0 saturated carbocycles. The number of aromatic nitrogens is 1. The van der Waals surface area contributed by atoms with E-state index in [1.807, 2.05) is 32.0 Å². The molecule has 30 heavy (non-hydrogen) atoms. The lowest BCUT2D eigenvalue weighted by atomic mass is 10.2. The predicted molar refractivity (Wildman–Crippen MR) is 130 cm³/mol. The van der Waals surface area contributed by atoms with Crippen LogP contribution in [0.25, 0.3) is 0 Å². The van der Waals surface area contributed by atoms with Gasteiger partial charge in [0.1, 0.15) is 18.1 Å². The van der Waals surface area contributed by atoms with Gasteiger partial charge >= 0.3 is 0 Å². The fourth-order valence-electron chi connectivity index (χ4n) is 2.60. The molecule has 0 aliphatic rings. The topological polar surface area (TPSA) is 84.2 Å². The Morgan fingerprint density at radius 3 is 2.57 bits per heavy atom. The number of benzene rings is 1. The molecule has 0 saturated heterocycles. The predicted octanol–water partition coefficient (Wildman–Crippen LogP) is 2.73. The molecule has 0 aliphatic heterocycles. The minimum Gasteiger partial charge on any atom is -0.492 e. The fraction of sp³-hybridized carbons (Fsp3) is 0.524. The molecule has 0 amide bonds. The van der Waals surface area contributed by atoms with Gasteiger partial charge in [-0.15, -0.1) is 24.0 Å². The van der Waals surface area contributed by atoms with Gasteiger partial charge in [-0.2, -0.15) is 0 Å². The number of oxazole rings is 1. The van der Waals surface area contributed by atoms with Crippen LogP contribution in [0.2, 0.25) is 0 Å². The summed E-state index contributed by atoms with van der Waals surface area (Å²) >= 11 is 0. The van der Waals surface area contributed by atoms with Gasteiger partial charge in [0, 0.05) is 33.8 Å². The van der Waals surface area contributed by atoms with Crippen LogP contribution < -0.4 is 15.4 Å². The third kappa shape index (κ3) is 9.31. The van der Waals surface area contributed by atoms with Crippen molar-refractivity contribution >= 4 is 29.9 Å². The molecule has 2 N–H and O–H groups in total. The summed E-state index contributed by atoms with van der Waals surface area (Å²) < 4.78 is 16.5. The van der Waals surface area contributed by atoms with Gasteiger partial charge < -0.3 is 29.4 Å². The zero-order valence-electron chi connectivity index (χ0n) is 18.5.